The molecule has 0 fully saturated rings. The van der Waals surface area contributed by atoms with Crippen molar-refractivity contribution in [3.8, 4) is 0 Å². The minimum Gasteiger partial charge on any atom is -0.465 e. The van der Waals surface area contributed by atoms with Crippen LogP contribution in [0.1, 0.15) is 44.5 Å². The molecule has 0 heterocycles. The molecule has 0 aliphatic carbocycles. The Morgan fingerprint density at radius 1 is 1.19 bits per heavy atom. The van der Waals surface area contributed by atoms with E-state index in [4.69, 9.17) is 4.74 Å². The highest BCUT2D eigenvalue weighted by molar-refractivity contribution is 5.94. The second kappa shape index (κ2) is 7.78. The lowest BCUT2D eigenvalue weighted by Crippen LogP contribution is -2.55. The Kier molecular flexibility index (Phi) is 6.37. The van der Waals surface area contributed by atoms with Gasteiger partial charge in [-0.25, -0.2) is 5.43 Å². The normalized spacial score (nSPS) is 12.6. The van der Waals surface area contributed by atoms with E-state index in [1.807, 2.05) is 26.8 Å². The average Bonchev–Trinajstić information content (AvgIpc) is 2.48. The first-order valence-electron chi connectivity index (χ1n) is 7.20. The van der Waals surface area contributed by atoms with Crippen molar-refractivity contribution in [1.82, 2.24) is 10.9 Å². The van der Waals surface area contributed by atoms with Gasteiger partial charge in [-0.2, -0.15) is 0 Å². The number of esters is 1. The molecule has 0 aliphatic rings. The maximum atomic E-state index is 12.1. The van der Waals surface area contributed by atoms with Crippen molar-refractivity contribution in [2.75, 3.05) is 6.61 Å². The van der Waals surface area contributed by atoms with Crippen LogP contribution in [-0.2, 0) is 9.53 Å². The summed E-state index contributed by atoms with van der Waals surface area (Å²) < 4.78 is 5.08. The number of nitrogens with one attached hydrogen (secondary N) is 2. The molecular formula is C16H24N2O3. The van der Waals surface area contributed by atoms with Crippen LogP contribution >= 0.6 is 0 Å². The predicted molar refractivity (Wildman–Crippen MR) is 81.5 cm³/mol. The maximum Gasteiger partial charge on any atom is 0.325 e. The van der Waals surface area contributed by atoms with Crippen LogP contribution in [-0.4, -0.2) is 24.5 Å². The fourth-order valence-corrected chi connectivity index (χ4v) is 1.80. The first-order valence-corrected chi connectivity index (χ1v) is 7.20. The van der Waals surface area contributed by atoms with E-state index in [1.54, 1.807) is 31.2 Å². The van der Waals surface area contributed by atoms with Gasteiger partial charge in [0.2, 0.25) is 0 Å². The van der Waals surface area contributed by atoms with Crippen LogP contribution < -0.4 is 10.9 Å². The molecule has 1 rings (SSSR count). The topological polar surface area (TPSA) is 67.4 Å². The van der Waals surface area contributed by atoms with Gasteiger partial charge in [0, 0.05) is 5.56 Å². The predicted octanol–water partition coefficient (Wildman–Crippen LogP) is 2.29. The molecule has 0 spiro atoms. The van der Waals surface area contributed by atoms with Crippen molar-refractivity contribution in [2.24, 2.45) is 5.41 Å². The summed E-state index contributed by atoms with van der Waals surface area (Å²) in [6, 6.07) is 8.23. The first kappa shape index (κ1) is 17.2. The summed E-state index contributed by atoms with van der Waals surface area (Å²) in [5.74, 6) is -0.644. The van der Waals surface area contributed by atoms with Gasteiger partial charge in [0.05, 0.1) is 6.61 Å². The smallest absolute Gasteiger partial charge is 0.325 e. The maximum absolute atomic E-state index is 12.1. The number of benzene rings is 1. The number of rotatable bonds is 7. The highest BCUT2D eigenvalue weighted by atomic mass is 16.5. The standard InChI is InChI=1S/C16H24N2O3/c1-5-16(3,4)13(15(20)21-6-2)17-18-14(19)12-10-8-7-9-11-12/h7-11,13,17H,5-6H2,1-4H3,(H,18,19)/t13-/m0/s1. The summed E-state index contributed by atoms with van der Waals surface area (Å²) in [4.78, 5) is 24.1. The van der Waals surface area contributed by atoms with Gasteiger partial charge in [-0.15, -0.1) is 0 Å². The number of hydrogen-bond donors (Lipinski definition) is 2. The van der Waals surface area contributed by atoms with Crippen LogP contribution in [0.3, 0.4) is 0 Å². The zero-order valence-electron chi connectivity index (χ0n) is 13.1. The van der Waals surface area contributed by atoms with Gasteiger partial charge in [-0.1, -0.05) is 39.0 Å². The molecule has 0 saturated heterocycles. The minimum absolute atomic E-state index is 0.281. The summed E-state index contributed by atoms with van der Waals surface area (Å²) in [5.41, 5.74) is 5.60. The van der Waals surface area contributed by atoms with Crippen molar-refractivity contribution in [3.05, 3.63) is 35.9 Å². The van der Waals surface area contributed by atoms with Gasteiger partial charge in [-0.3, -0.25) is 15.0 Å². The zero-order chi connectivity index (χ0) is 15.9. The highest BCUT2D eigenvalue weighted by Gasteiger charge is 2.35. The molecule has 1 atom stereocenters. The van der Waals surface area contributed by atoms with Gasteiger partial charge in [0.1, 0.15) is 6.04 Å². The van der Waals surface area contributed by atoms with E-state index in [2.05, 4.69) is 10.9 Å². The molecule has 0 aromatic heterocycles. The summed E-state index contributed by atoms with van der Waals surface area (Å²) in [7, 11) is 0. The molecular weight excluding hydrogens is 268 g/mol. The first-order chi connectivity index (χ1) is 9.92. The Bertz CT molecular complexity index is 472. The molecule has 2 N–H and O–H groups in total. The molecule has 5 heteroatoms. The lowest BCUT2D eigenvalue weighted by Gasteiger charge is -2.32. The van der Waals surface area contributed by atoms with Gasteiger partial charge in [-0.05, 0) is 30.9 Å². The second-order valence-corrected chi connectivity index (χ2v) is 5.49. The third kappa shape index (κ3) is 4.86. The third-order valence-corrected chi connectivity index (χ3v) is 3.58. The number of amides is 1. The summed E-state index contributed by atoms with van der Waals surface area (Å²) >= 11 is 0. The van der Waals surface area contributed by atoms with Crippen molar-refractivity contribution >= 4 is 11.9 Å². The zero-order valence-corrected chi connectivity index (χ0v) is 13.1. The van der Waals surface area contributed by atoms with E-state index in [-0.39, 0.29) is 17.3 Å². The second-order valence-electron chi connectivity index (χ2n) is 5.49. The van der Waals surface area contributed by atoms with Crippen LogP contribution in [0.2, 0.25) is 0 Å². The van der Waals surface area contributed by atoms with Crippen LogP contribution in [0.4, 0.5) is 0 Å². The molecule has 0 radical (unpaired) electrons. The number of ether oxygens (including phenoxy) is 1. The number of hydrogen-bond acceptors (Lipinski definition) is 4. The molecule has 0 aliphatic heterocycles. The molecule has 116 valence electrons. The van der Waals surface area contributed by atoms with E-state index >= 15 is 0 Å². The lowest BCUT2D eigenvalue weighted by atomic mass is 9.82. The molecule has 0 saturated carbocycles. The lowest BCUT2D eigenvalue weighted by molar-refractivity contribution is -0.149. The molecule has 0 unspecified atom stereocenters. The Balaban J connectivity index is 2.74. The molecule has 5 nitrogen and oxygen atoms in total. The summed E-state index contributed by atoms with van der Waals surface area (Å²) in [6.07, 6.45) is 0.769. The molecule has 0 bridgehead atoms. The Labute approximate surface area is 126 Å². The van der Waals surface area contributed by atoms with Crippen LogP contribution in [0.15, 0.2) is 30.3 Å². The number of carbonyl (C=O) groups excluding carboxylic acids is 2. The fourth-order valence-electron chi connectivity index (χ4n) is 1.80. The van der Waals surface area contributed by atoms with Crippen molar-refractivity contribution in [2.45, 2.75) is 40.2 Å². The SMILES string of the molecule is CCOC(=O)[C@H](NNC(=O)c1ccccc1)C(C)(C)CC. The van der Waals surface area contributed by atoms with Crippen LogP contribution in [0.5, 0.6) is 0 Å². The van der Waals surface area contributed by atoms with Crippen molar-refractivity contribution in [3.63, 3.8) is 0 Å². The third-order valence-electron chi connectivity index (χ3n) is 3.58. The molecule has 21 heavy (non-hydrogen) atoms. The molecule has 1 aromatic carbocycles. The highest BCUT2D eigenvalue weighted by Crippen LogP contribution is 2.25. The Hall–Kier alpha value is -1.88. The van der Waals surface area contributed by atoms with E-state index in [1.165, 1.54) is 0 Å². The monoisotopic (exact) mass is 292 g/mol. The average molecular weight is 292 g/mol. The summed E-state index contributed by atoms with van der Waals surface area (Å²) in [6.45, 7) is 7.97. The van der Waals surface area contributed by atoms with Gasteiger partial charge >= 0.3 is 5.97 Å². The fraction of sp³-hybridized carbons (Fsp3) is 0.500. The van der Waals surface area contributed by atoms with Gasteiger partial charge in [0.25, 0.3) is 5.91 Å². The minimum atomic E-state index is -0.602. The van der Waals surface area contributed by atoms with Crippen LogP contribution in [0.25, 0.3) is 0 Å². The Morgan fingerprint density at radius 2 is 1.81 bits per heavy atom. The van der Waals surface area contributed by atoms with Crippen molar-refractivity contribution in [1.29, 1.82) is 0 Å². The number of hydrazine groups is 1. The van der Waals surface area contributed by atoms with E-state index in [9.17, 15) is 9.59 Å². The number of carbonyl (C=O) groups is 2. The Morgan fingerprint density at radius 3 is 2.33 bits per heavy atom. The van der Waals surface area contributed by atoms with E-state index in [0.29, 0.717) is 12.2 Å². The van der Waals surface area contributed by atoms with E-state index < -0.39 is 6.04 Å². The van der Waals surface area contributed by atoms with Crippen LogP contribution in [0, 0.1) is 5.41 Å². The summed E-state index contributed by atoms with van der Waals surface area (Å²) in [5, 5.41) is 0. The molecule has 1 amide bonds. The largest absolute Gasteiger partial charge is 0.465 e. The molecule has 1 aromatic rings. The van der Waals surface area contributed by atoms with Gasteiger partial charge in [0.15, 0.2) is 0 Å². The quantitative estimate of drug-likeness (QED) is 0.597. The van der Waals surface area contributed by atoms with E-state index in [0.717, 1.165) is 6.42 Å². The van der Waals surface area contributed by atoms with Gasteiger partial charge < -0.3 is 4.74 Å². The van der Waals surface area contributed by atoms with Crippen molar-refractivity contribution < 1.29 is 14.3 Å².